The average Bonchev–Trinajstić information content (AvgIpc) is 2.87. The number of likely N-dealkylation sites (N-methyl/N-ethyl adjacent to an activating group) is 1. The average molecular weight is 598 g/mol. The highest BCUT2D eigenvalue weighted by atomic mass is 16.4. The molecule has 1 fully saturated rings. The fourth-order valence-electron chi connectivity index (χ4n) is 7.26. The summed E-state index contributed by atoms with van der Waals surface area (Å²) in [6.45, 7) is 9.81. The van der Waals surface area contributed by atoms with Crippen LogP contribution in [0, 0.1) is 10.8 Å². The number of phenols is 1. The number of benzene rings is 1. The molecule has 4 rings (SSSR count). The number of hydrogen-bond donors (Lipinski definition) is 7. The van der Waals surface area contributed by atoms with Gasteiger partial charge in [-0.05, 0) is 52.4 Å². The molecule has 0 radical (unpaired) electrons. The zero-order chi connectivity index (χ0) is 32.8. The van der Waals surface area contributed by atoms with Crippen molar-refractivity contribution < 1.29 is 44.7 Å². The number of primary amides is 1. The van der Waals surface area contributed by atoms with Gasteiger partial charge in [0.05, 0.1) is 28.7 Å². The first-order chi connectivity index (χ1) is 19.6. The first kappa shape index (κ1) is 31.9. The molecule has 0 aromatic heterocycles. The van der Waals surface area contributed by atoms with Gasteiger partial charge < -0.3 is 36.6 Å². The second-order valence-electron chi connectivity index (χ2n) is 13.3. The summed E-state index contributed by atoms with van der Waals surface area (Å²) in [6, 6.07) is 1.60. The number of aliphatic hydroxyl groups excluding tert-OH is 3. The fraction of sp³-hybridized carbons (Fsp3) is 0.484. The van der Waals surface area contributed by atoms with E-state index in [9.17, 15) is 44.7 Å². The molecular weight excluding hydrogens is 558 g/mol. The van der Waals surface area contributed by atoms with Crippen molar-refractivity contribution in [3.63, 3.8) is 0 Å². The van der Waals surface area contributed by atoms with E-state index in [0.29, 0.717) is 5.56 Å². The van der Waals surface area contributed by atoms with Crippen molar-refractivity contribution in [3.05, 3.63) is 51.8 Å². The van der Waals surface area contributed by atoms with Crippen molar-refractivity contribution in [1.29, 1.82) is 0 Å². The molecule has 3 aliphatic carbocycles. The third-order valence-corrected chi connectivity index (χ3v) is 9.41. The number of aromatic hydroxyl groups is 1. The molecule has 0 saturated heterocycles. The molecule has 12 heteroatoms. The molecule has 8 N–H and O–H groups in total. The Morgan fingerprint density at radius 2 is 1.67 bits per heavy atom. The van der Waals surface area contributed by atoms with Gasteiger partial charge in [0.1, 0.15) is 22.8 Å². The van der Waals surface area contributed by atoms with Crippen molar-refractivity contribution in [1.82, 2.24) is 10.2 Å². The number of nitrogens with one attached hydrogen (secondary N) is 1. The monoisotopic (exact) mass is 597 g/mol. The van der Waals surface area contributed by atoms with Crippen LogP contribution in [0.25, 0.3) is 11.8 Å². The zero-order valence-electron chi connectivity index (χ0n) is 25.4. The van der Waals surface area contributed by atoms with Gasteiger partial charge in [-0.2, -0.15) is 0 Å². The summed E-state index contributed by atoms with van der Waals surface area (Å²) in [4.78, 5) is 53.9. The standard InChI is InChI=1S/C31H39N3O9/c1-13-15-11-9-14(10-12-16(35)33-28(2,3)4)20(36)17(15)21(37)19-25(40)31(43)24(39)18(26(32)41)22(38)23(34(7)8)30(31,6)27(42)29(13,19)5/h9-13,23,27,36-37,39,42-43H,1-8H3,(H2,32,41)(H,33,35)/b12-10-/t13-,23+,27-,29+,30+,31+/m0/s1. The van der Waals surface area contributed by atoms with Crippen LogP contribution in [0.5, 0.6) is 5.75 Å². The van der Waals surface area contributed by atoms with E-state index in [-0.39, 0.29) is 11.1 Å². The highest BCUT2D eigenvalue weighted by Crippen LogP contribution is 2.66. The van der Waals surface area contributed by atoms with E-state index in [1.807, 2.05) is 0 Å². The molecule has 3 aliphatic rings. The number of rotatable bonds is 4. The molecule has 1 saturated carbocycles. The first-order valence-electron chi connectivity index (χ1n) is 13.8. The van der Waals surface area contributed by atoms with Crippen LogP contribution in [0.2, 0.25) is 0 Å². The van der Waals surface area contributed by atoms with Crippen molar-refractivity contribution in [3.8, 4) is 5.75 Å². The summed E-state index contributed by atoms with van der Waals surface area (Å²) >= 11 is 0. The lowest BCUT2D eigenvalue weighted by molar-refractivity contribution is -0.211. The topological polar surface area (TPSA) is 211 Å². The van der Waals surface area contributed by atoms with Crippen LogP contribution in [0.3, 0.4) is 0 Å². The molecule has 2 amide bonds. The van der Waals surface area contributed by atoms with Crippen molar-refractivity contribution in [2.24, 2.45) is 16.6 Å². The molecule has 12 nitrogen and oxygen atoms in total. The number of ketones is 2. The highest BCUT2D eigenvalue weighted by molar-refractivity contribution is 6.25. The zero-order valence-corrected chi connectivity index (χ0v) is 25.4. The van der Waals surface area contributed by atoms with Crippen LogP contribution in [-0.4, -0.2) is 91.2 Å². The smallest absolute Gasteiger partial charge is 0.255 e. The second-order valence-corrected chi connectivity index (χ2v) is 13.3. The number of Topliss-reactive ketones (excluding diaryl/α,β-unsaturated/α-hetero) is 2. The molecule has 232 valence electrons. The minimum atomic E-state index is -3.07. The predicted molar refractivity (Wildman–Crippen MR) is 157 cm³/mol. The lowest BCUT2D eigenvalue weighted by atomic mass is 9.42. The number of carbonyl (C=O) groups is 4. The maximum Gasteiger partial charge on any atom is 0.255 e. The van der Waals surface area contributed by atoms with E-state index in [1.165, 1.54) is 51.1 Å². The third kappa shape index (κ3) is 4.07. The van der Waals surface area contributed by atoms with Crippen LogP contribution in [0.15, 0.2) is 35.1 Å². The molecule has 1 aromatic rings. The molecule has 0 spiro atoms. The summed E-state index contributed by atoms with van der Waals surface area (Å²) in [5.74, 6) is -7.43. The minimum Gasteiger partial charge on any atom is -0.508 e. The molecule has 1 aromatic carbocycles. The number of fused-ring (bicyclic) bond motifs is 3. The molecule has 0 unspecified atom stereocenters. The maximum absolute atomic E-state index is 14.4. The molecular formula is C31H39N3O9. The summed E-state index contributed by atoms with van der Waals surface area (Å²) in [5, 5.41) is 61.1. The lowest BCUT2D eigenvalue weighted by Gasteiger charge is -2.63. The largest absolute Gasteiger partial charge is 0.508 e. The molecule has 0 heterocycles. The summed E-state index contributed by atoms with van der Waals surface area (Å²) in [5.41, 5.74) is -3.17. The summed E-state index contributed by atoms with van der Waals surface area (Å²) < 4.78 is 0. The minimum absolute atomic E-state index is 0.132. The van der Waals surface area contributed by atoms with Crippen molar-refractivity contribution in [2.75, 3.05) is 14.1 Å². The summed E-state index contributed by atoms with van der Waals surface area (Å²) in [6.07, 6.45) is 0.752. The normalized spacial score (nSPS) is 32.6. The third-order valence-electron chi connectivity index (χ3n) is 9.41. The number of amides is 2. The lowest BCUT2D eigenvalue weighted by Crippen LogP contribution is -2.78. The van der Waals surface area contributed by atoms with E-state index in [2.05, 4.69) is 5.32 Å². The molecule has 43 heavy (non-hydrogen) atoms. The van der Waals surface area contributed by atoms with Crippen LogP contribution < -0.4 is 11.1 Å². The van der Waals surface area contributed by atoms with Crippen molar-refractivity contribution >= 4 is 35.2 Å². The van der Waals surface area contributed by atoms with Gasteiger partial charge in [-0.25, -0.2) is 0 Å². The van der Waals surface area contributed by atoms with Crippen LogP contribution in [-0.2, 0) is 19.2 Å². The summed E-state index contributed by atoms with van der Waals surface area (Å²) in [7, 11) is 2.90. The number of hydrogen-bond acceptors (Lipinski definition) is 10. The Morgan fingerprint density at radius 1 is 1.09 bits per heavy atom. The van der Waals surface area contributed by atoms with Crippen LogP contribution in [0.4, 0.5) is 0 Å². The maximum atomic E-state index is 14.4. The Hall–Kier alpha value is -4.00. The van der Waals surface area contributed by atoms with Crippen molar-refractivity contribution in [2.45, 2.75) is 70.7 Å². The first-order valence-corrected chi connectivity index (χ1v) is 13.8. The van der Waals surface area contributed by atoms with Gasteiger partial charge in [0.2, 0.25) is 11.7 Å². The van der Waals surface area contributed by atoms with Gasteiger partial charge in [-0.3, -0.25) is 24.1 Å². The van der Waals surface area contributed by atoms with E-state index >= 15 is 0 Å². The SMILES string of the molecule is C[C@H]1c2ccc(/C=C\C(=O)NC(C)(C)C)c(O)c2C(O)=C2C(=O)[C@]3(O)C(O)=C(C(N)=O)C(=O)[C@@H](N(C)C)[C@]3(C)[C@@H](O)[C@@]21C. The van der Waals surface area contributed by atoms with Gasteiger partial charge in [-0.15, -0.1) is 0 Å². The Morgan fingerprint density at radius 3 is 2.19 bits per heavy atom. The number of nitrogens with two attached hydrogens (primary N) is 1. The number of phenolic OH excluding ortho intramolecular Hbond substituents is 1. The molecule has 6 atom stereocenters. The van der Waals surface area contributed by atoms with Gasteiger partial charge in [0.25, 0.3) is 5.91 Å². The molecule has 0 bridgehead atoms. The van der Waals surface area contributed by atoms with E-state index in [0.717, 1.165) is 0 Å². The quantitative estimate of drug-likeness (QED) is 0.195. The fourth-order valence-corrected chi connectivity index (χ4v) is 7.26. The number of carbonyl (C=O) groups excluding carboxylic acids is 4. The van der Waals surface area contributed by atoms with Gasteiger partial charge >= 0.3 is 0 Å². The van der Waals surface area contributed by atoms with E-state index in [4.69, 9.17) is 5.73 Å². The van der Waals surface area contributed by atoms with Gasteiger partial charge in [-0.1, -0.05) is 32.9 Å². The van der Waals surface area contributed by atoms with E-state index in [1.54, 1.807) is 33.8 Å². The van der Waals surface area contributed by atoms with Crippen LogP contribution in [0.1, 0.15) is 64.2 Å². The van der Waals surface area contributed by atoms with Gasteiger partial charge in [0, 0.05) is 22.6 Å². The Balaban J connectivity index is 2.02. The Labute approximate surface area is 249 Å². The highest BCUT2D eigenvalue weighted by Gasteiger charge is 2.77. The van der Waals surface area contributed by atoms with Crippen LogP contribution >= 0.6 is 0 Å². The number of nitrogens with zero attached hydrogens (tertiary/aromatic N) is 1. The number of aliphatic hydroxyl groups is 4. The Bertz CT molecular complexity index is 1570. The van der Waals surface area contributed by atoms with Gasteiger partial charge in [0.15, 0.2) is 11.4 Å². The Kier molecular flexibility index (Phi) is 7.25. The second kappa shape index (κ2) is 9.76. The predicted octanol–water partition coefficient (Wildman–Crippen LogP) is 1.20. The van der Waals surface area contributed by atoms with E-state index < -0.39 is 91.8 Å². The molecule has 0 aliphatic heterocycles.